The van der Waals surface area contributed by atoms with Gasteiger partial charge in [0.15, 0.2) is 0 Å². The van der Waals surface area contributed by atoms with E-state index >= 15 is 0 Å². The molecule has 0 radical (unpaired) electrons. The second-order valence-electron chi connectivity index (χ2n) is 19.3. The van der Waals surface area contributed by atoms with Crippen LogP contribution in [0.3, 0.4) is 0 Å². The van der Waals surface area contributed by atoms with Crippen molar-refractivity contribution in [2.75, 3.05) is 44.4 Å². The minimum absolute atomic E-state index is 0.0247. The number of alkyl halides is 1. The summed E-state index contributed by atoms with van der Waals surface area (Å²) in [6, 6.07) is 0.636. The maximum absolute atomic E-state index is 14.0. The van der Waals surface area contributed by atoms with E-state index in [0.29, 0.717) is 53.9 Å². The van der Waals surface area contributed by atoms with Crippen LogP contribution in [-0.4, -0.2) is 66.4 Å². The van der Waals surface area contributed by atoms with Gasteiger partial charge in [0.25, 0.3) is 0 Å². The summed E-state index contributed by atoms with van der Waals surface area (Å²) in [5, 5.41) is 13.9. The third-order valence-electron chi connectivity index (χ3n) is 17.2. The fraction of sp³-hybridized carbons (Fsp3) is 0.837. The van der Waals surface area contributed by atoms with Crippen LogP contribution in [0.2, 0.25) is 0 Å². The number of hydrogen-bond acceptors (Lipinski definition) is 4. The Bertz CT molecular complexity index is 1370. The normalized spacial score (nSPS) is 46.4. The van der Waals surface area contributed by atoms with E-state index in [1.165, 1.54) is 92.8 Å². The lowest BCUT2D eigenvalue weighted by atomic mass is 9.33. The summed E-state index contributed by atoms with van der Waals surface area (Å²) in [4.78, 5) is 14.6. The zero-order chi connectivity index (χ0) is 35.0. The number of thioether (sulfide) groups is 1. The molecule has 0 bridgehead atoms. The molecule has 0 aromatic carbocycles. The van der Waals surface area contributed by atoms with Gasteiger partial charge in [0.05, 0.1) is 5.41 Å². The highest BCUT2D eigenvalue weighted by Crippen LogP contribution is 2.76. The number of rotatable bonds is 8. The Labute approximate surface area is 302 Å². The van der Waals surface area contributed by atoms with Crippen molar-refractivity contribution in [2.45, 2.75) is 118 Å². The van der Waals surface area contributed by atoms with Crippen molar-refractivity contribution in [3.63, 3.8) is 0 Å². The molecule has 6 heteroatoms. The Hall–Kier alpha value is -1.11. The maximum Gasteiger partial charge on any atom is 0.312 e. The highest BCUT2D eigenvalue weighted by molar-refractivity contribution is 7.99. The molecule has 0 amide bonds. The minimum Gasteiger partial charge on any atom is -0.481 e. The molecule has 7 rings (SSSR count). The fourth-order valence-corrected chi connectivity index (χ4v) is 15.3. The molecule has 0 aromatic rings. The molecule has 4 saturated carbocycles. The predicted molar refractivity (Wildman–Crippen MR) is 202 cm³/mol. The molecule has 11 atom stereocenters. The van der Waals surface area contributed by atoms with Crippen LogP contribution in [-0.2, 0) is 4.79 Å². The molecule has 1 unspecified atom stereocenters. The number of nitrogens with zero attached hydrogens (tertiary/aromatic N) is 1. The highest BCUT2D eigenvalue weighted by Gasteiger charge is 2.69. The zero-order valence-corrected chi connectivity index (χ0v) is 32.5. The fourth-order valence-electron chi connectivity index (χ4n) is 14.3. The minimum atomic E-state index is -1.23. The first kappa shape index (κ1) is 36.3. The van der Waals surface area contributed by atoms with Crippen LogP contribution in [0.15, 0.2) is 35.5 Å². The summed E-state index contributed by atoms with van der Waals surface area (Å²) >= 11 is 2.10. The third kappa shape index (κ3) is 5.60. The van der Waals surface area contributed by atoms with Gasteiger partial charge >= 0.3 is 5.97 Å². The molecule has 2 N–H and O–H groups in total. The van der Waals surface area contributed by atoms with Crippen molar-refractivity contribution < 1.29 is 14.3 Å². The zero-order valence-electron chi connectivity index (χ0n) is 31.7. The monoisotopic (exact) mass is 694 g/mol. The number of aliphatic carboxylic acids is 1. The van der Waals surface area contributed by atoms with E-state index in [4.69, 9.17) is 0 Å². The molecule has 4 nitrogen and oxygen atoms in total. The van der Waals surface area contributed by atoms with Crippen LogP contribution >= 0.6 is 11.8 Å². The first-order chi connectivity index (χ1) is 23.2. The Morgan fingerprint density at radius 3 is 2.39 bits per heavy atom. The molecule has 49 heavy (non-hydrogen) atoms. The smallest absolute Gasteiger partial charge is 0.312 e. The lowest BCUT2D eigenvalue weighted by Crippen LogP contribution is -2.64. The van der Waals surface area contributed by atoms with Gasteiger partial charge < -0.3 is 15.3 Å². The van der Waals surface area contributed by atoms with Gasteiger partial charge in [0.2, 0.25) is 0 Å². The van der Waals surface area contributed by atoms with Gasteiger partial charge in [-0.1, -0.05) is 58.9 Å². The van der Waals surface area contributed by atoms with Crippen molar-refractivity contribution in [2.24, 2.45) is 62.6 Å². The van der Waals surface area contributed by atoms with E-state index in [1.54, 1.807) is 0 Å². The van der Waals surface area contributed by atoms with E-state index in [-0.39, 0.29) is 10.8 Å². The van der Waals surface area contributed by atoms with Crippen molar-refractivity contribution in [1.82, 2.24) is 10.2 Å². The Morgan fingerprint density at radius 1 is 1.00 bits per heavy atom. The van der Waals surface area contributed by atoms with E-state index in [0.717, 1.165) is 30.7 Å². The summed E-state index contributed by atoms with van der Waals surface area (Å²) in [7, 11) is 0. The van der Waals surface area contributed by atoms with Crippen LogP contribution in [0.5, 0.6) is 0 Å². The second-order valence-corrected chi connectivity index (χ2v) is 20.6. The van der Waals surface area contributed by atoms with Gasteiger partial charge in [-0.2, -0.15) is 11.8 Å². The van der Waals surface area contributed by atoms with E-state index < -0.39 is 18.1 Å². The number of carboxylic acid groups (broad SMARTS) is 1. The standard InChI is InChI=1S/C43H67FN2O2S/c1-28(2)31-26-34(45-20-21-46-22-24-49-25-23-46)30-12-16-41(6)33(37(30)31)8-9-36-40(5)15-13-32(39(3,4)35(40)14-17-42(36,41)7)29-10-18-43(27-44,19-11-29)38(47)48/h10,13,30-31,33-37,45H,1,8-9,11-12,14-27H2,2-7H3,(H,47,48)/t30?,31-,33+,34+,35-,36+,37+,40-,41+,42+,43+/m0/s1. The number of hydrogen-bond donors (Lipinski definition) is 2. The highest BCUT2D eigenvalue weighted by atomic mass is 32.2. The van der Waals surface area contributed by atoms with Gasteiger partial charge in [0, 0.05) is 43.7 Å². The predicted octanol–water partition coefficient (Wildman–Crippen LogP) is 9.58. The molecule has 7 aliphatic rings. The molecule has 0 aromatic heterocycles. The lowest BCUT2D eigenvalue weighted by molar-refractivity contribution is -0.217. The molecule has 0 spiro atoms. The number of carbonyl (C=O) groups is 1. The number of fused-ring (bicyclic) bond motifs is 7. The molecule has 5 fully saturated rings. The average molecular weight is 695 g/mol. The summed E-state index contributed by atoms with van der Waals surface area (Å²) in [6.07, 6.45) is 16.5. The summed E-state index contributed by atoms with van der Waals surface area (Å²) in [5.74, 6) is 5.87. The van der Waals surface area contributed by atoms with E-state index in [1.807, 2.05) is 0 Å². The molecule has 6 aliphatic carbocycles. The maximum atomic E-state index is 14.0. The van der Waals surface area contributed by atoms with Crippen molar-refractivity contribution in [3.8, 4) is 0 Å². The van der Waals surface area contributed by atoms with Gasteiger partial charge in [-0.15, -0.1) is 0 Å². The first-order valence-electron chi connectivity index (χ1n) is 20.1. The van der Waals surface area contributed by atoms with Crippen molar-refractivity contribution in [1.29, 1.82) is 0 Å². The largest absolute Gasteiger partial charge is 0.481 e. The van der Waals surface area contributed by atoms with E-state index in [2.05, 4.69) is 82.3 Å². The van der Waals surface area contributed by atoms with Gasteiger partial charge in [-0.3, -0.25) is 4.79 Å². The van der Waals surface area contributed by atoms with E-state index in [9.17, 15) is 14.3 Å². The van der Waals surface area contributed by atoms with Gasteiger partial charge in [0.1, 0.15) is 6.67 Å². The number of allylic oxidation sites excluding steroid dienone is 5. The Morgan fingerprint density at radius 2 is 1.73 bits per heavy atom. The van der Waals surface area contributed by atoms with Crippen LogP contribution in [0, 0.1) is 62.6 Å². The summed E-state index contributed by atoms with van der Waals surface area (Å²) < 4.78 is 14.0. The molecule has 1 saturated heterocycles. The van der Waals surface area contributed by atoms with Crippen LogP contribution in [0.25, 0.3) is 0 Å². The van der Waals surface area contributed by atoms with Crippen LogP contribution < -0.4 is 5.32 Å². The Balaban J connectivity index is 1.11. The molecule has 1 aliphatic heterocycles. The Kier molecular flexibility index (Phi) is 9.68. The first-order valence-corrected chi connectivity index (χ1v) is 21.3. The topological polar surface area (TPSA) is 52.6 Å². The summed E-state index contributed by atoms with van der Waals surface area (Å²) in [5.41, 5.74) is 3.89. The van der Waals surface area contributed by atoms with Crippen molar-refractivity contribution in [3.05, 3.63) is 35.5 Å². The molecule has 274 valence electrons. The number of carboxylic acids is 1. The molecular formula is C43H67FN2O2S. The molecule has 1 heterocycles. The molecular weight excluding hydrogens is 628 g/mol. The van der Waals surface area contributed by atoms with Crippen LogP contribution in [0.4, 0.5) is 4.39 Å². The number of nitrogens with one attached hydrogen (secondary N) is 1. The quantitative estimate of drug-likeness (QED) is 0.248. The van der Waals surface area contributed by atoms with Crippen LogP contribution in [0.1, 0.15) is 112 Å². The van der Waals surface area contributed by atoms with Crippen molar-refractivity contribution >= 4 is 17.7 Å². The lowest BCUT2D eigenvalue weighted by Gasteiger charge is -2.71. The van der Waals surface area contributed by atoms with Gasteiger partial charge in [-0.25, -0.2) is 4.39 Å². The third-order valence-corrected chi connectivity index (χ3v) is 18.1. The summed E-state index contributed by atoms with van der Waals surface area (Å²) in [6.45, 7) is 24.1. The van der Waals surface area contributed by atoms with Gasteiger partial charge in [-0.05, 0) is 146 Å². The SMILES string of the molecule is C=C(C)[C@@H]1C[C@@H](NCCN2CCSCC2)C2CC[C@]3(C)[C@H](CC[C@@H]4[C@@]5(C)CC=C(C6=CC[C@@](CF)(C(=O)O)CC6)C(C)(C)[C@@H]5CC[C@]43C)[C@H]21. The number of halogens is 1. The average Bonchev–Trinajstić information content (AvgIpc) is 3.44. The second kappa shape index (κ2) is 13.1.